The molecule has 6 nitrogen and oxygen atoms in total. The number of nitrogens with one attached hydrogen (secondary N) is 1. The molecule has 7 heteroatoms. The SMILES string of the molecule is CCOc1cc(C=C(C#N)C(=O)NCC2CCCO2)ccc1OCc1cccc(F)c1. The topological polar surface area (TPSA) is 80.6 Å². The van der Waals surface area contributed by atoms with Gasteiger partial charge in [0, 0.05) is 13.2 Å². The number of hydrogen-bond donors (Lipinski definition) is 1. The molecule has 0 spiro atoms. The van der Waals surface area contributed by atoms with Crippen LogP contribution in [0.4, 0.5) is 4.39 Å². The van der Waals surface area contributed by atoms with Crippen molar-refractivity contribution in [1.29, 1.82) is 5.26 Å². The van der Waals surface area contributed by atoms with E-state index in [1.54, 1.807) is 30.3 Å². The Morgan fingerprint density at radius 2 is 2.16 bits per heavy atom. The number of nitrogens with zero attached hydrogens (tertiary/aromatic N) is 1. The van der Waals surface area contributed by atoms with Gasteiger partial charge in [-0.05, 0) is 61.2 Å². The Morgan fingerprint density at radius 3 is 2.87 bits per heavy atom. The molecular formula is C24H25FN2O4. The molecule has 0 aromatic heterocycles. The zero-order valence-electron chi connectivity index (χ0n) is 17.4. The Kier molecular flexibility index (Phi) is 8.02. The van der Waals surface area contributed by atoms with E-state index < -0.39 is 5.91 Å². The predicted octanol–water partition coefficient (Wildman–Crippen LogP) is 4.01. The lowest BCUT2D eigenvalue weighted by Gasteiger charge is -2.13. The van der Waals surface area contributed by atoms with E-state index in [1.807, 2.05) is 13.0 Å². The van der Waals surface area contributed by atoms with Gasteiger partial charge in [-0.15, -0.1) is 0 Å². The summed E-state index contributed by atoms with van der Waals surface area (Å²) in [5.74, 6) is 0.199. The third kappa shape index (κ3) is 6.56. The maximum absolute atomic E-state index is 13.4. The second kappa shape index (κ2) is 11.1. The van der Waals surface area contributed by atoms with E-state index in [9.17, 15) is 14.4 Å². The summed E-state index contributed by atoms with van der Waals surface area (Å²) in [7, 11) is 0. The Hall–Kier alpha value is -3.37. The van der Waals surface area contributed by atoms with E-state index in [0.717, 1.165) is 12.8 Å². The second-order valence-electron chi connectivity index (χ2n) is 7.07. The summed E-state index contributed by atoms with van der Waals surface area (Å²) in [6, 6.07) is 13.3. The number of amides is 1. The zero-order valence-corrected chi connectivity index (χ0v) is 17.4. The second-order valence-corrected chi connectivity index (χ2v) is 7.07. The summed E-state index contributed by atoms with van der Waals surface area (Å²) in [5, 5.41) is 12.2. The summed E-state index contributed by atoms with van der Waals surface area (Å²) in [5.41, 5.74) is 1.32. The van der Waals surface area contributed by atoms with Crippen molar-refractivity contribution in [2.24, 2.45) is 0 Å². The fraction of sp³-hybridized carbons (Fsp3) is 0.333. The molecule has 0 saturated carbocycles. The molecular weight excluding hydrogens is 399 g/mol. The van der Waals surface area contributed by atoms with Gasteiger partial charge in [0.2, 0.25) is 0 Å². The van der Waals surface area contributed by atoms with Crippen LogP contribution in [-0.2, 0) is 16.1 Å². The van der Waals surface area contributed by atoms with Gasteiger partial charge < -0.3 is 19.5 Å². The minimum absolute atomic E-state index is 0.00275. The van der Waals surface area contributed by atoms with Crippen LogP contribution in [0.5, 0.6) is 11.5 Å². The van der Waals surface area contributed by atoms with Crippen molar-refractivity contribution in [2.45, 2.75) is 32.5 Å². The van der Waals surface area contributed by atoms with E-state index >= 15 is 0 Å². The van der Waals surface area contributed by atoms with Gasteiger partial charge in [0.25, 0.3) is 5.91 Å². The highest BCUT2D eigenvalue weighted by atomic mass is 19.1. The molecule has 1 aliphatic heterocycles. The molecule has 0 aliphatic carbocycles. The molecule has 1 amide bonds. The highest BCUT2D eigenvalue weighted by molar-refractivity contribution is 6.01. The minimum Gasteiger partial charge on any atom is -0.490 e. The molecule has 0 radical (unpaired) electrons. The molecule has 162 valence electrons. The largest absolute Gasteiger partial charge is 0.490 e. The average molecular weight is 424 g/mol. The van der Waals surface area contributed by atoms with Crippen LogP contribution >= 0.6 is 0 Å². The van der Waals surface area contributed by atoms with Crippen molar-refractivity contribution in [1.82, 2.24) is 5.32 Å². The standard InChI is InChI=1S/C24H25FN2O4/c1-2-29-23-13-17(8-9-22(23)31-16-18-5-3-6-20(25)12-18)11-19(14-26)24(28)27-15-21-7-4-10-30-21/h3,5-6,8-9,11-13,21H,2,4,7,10,15-16H2,1H3,(H,27,28). The van der Waals surface area contributed by atoms with Crippen LogP contribution in [-0.4, -0.2) is 31.8 Å². The number of rotatable bonds is 9. The predicted molar refractivity (Wildman–Crippen MR) is 114 cm³/mol. The molecule has 1 N–H and O–H groups in total. The molecule has 1 unspecified atom stereocenters. The van der Waals surface area contributed by atoms with Crippen LogP contribution in [0.25, 0.3) is 6.08 Å². The van der Waals surface area contributed by atoms with Gasteiger partial charge in [-0.2, -0.15) is 5.26 Å². The van der Waals surface area contributed by atoms with Gasteiger partial charge >= 0.3 is 0 Å². The number of ether oxygens (including phenoxy) is 3. The number of hydrogen-bond acceptors (Lipinski definition) is 5. The Labute approximate surface area is 181 Å². The first-order valence-electron chi connectivity index (χ1n) is 10.2. The summed E-state index contributed by atoms with van der Waals surface area (Å²) in [6.07, 6.45) is 3.39. The first-order valence-corrected chi connectivity index (χ1v) is 10.2. The maximum atomic E-state index is 13.4. The van der Waals surface area contributed by atoms with E-state index in [0.29, 0.717) is 42.4 Å². The van der Waals surface area contributed by atoms with Crippen molar-refractivity contribution in [3.8, 4) is 17.6 Å². The van der Waals surface area contributed by atoms with Crippen molar-refractivity contribution >= 4 is 12.0 Å². The van der Waals surface area contributed by atoms with Gasteiger partial charge in [-0.25, -0.2) is 4.39 Å². The van der Waals surface area contributed by atoms with E-state index in [2.05, 4.69) is 5.32 Å². The monoisotopic (exact) mass is 424 g/mol. The lowest BCUT2D eigenvalue weighted by molar-refractivity contribution is -0.117. The Morgan fingerprint density at radius 1 is 1.29 bits per heavy atom. The normalized spacial score (nSPS) is 15.9. The summed E-state index contributed by atoms with van der Waals surface area (Å²) >= 11 is 0. The fourth-order valence-electron chi connectivity index (χ4n) is 3.21. The zero-order chi connectivity index (χ0) is 22.1. The Balaban J connectivity index is 1.70. The molecule has 1 atom stereocenters. The van der Waals surface area contributed by atoms with Crippen LogP contribution in [0.3, 0.4) is 0 Å². The highest BCUT2D eigenvalue weighted by Crippen LogP contribution is 2.30. The molecule has 1 saturated heterocycles. The fourth-order valence-corrected chi connectivity index (χ4v) is 3.21. The van der Waals surface area contributed by atoms with Crippen LogP contribution in [0.2, 0.25) is 0 Å². The molecule has 3 rings (SSSR count). The van der Waals surface area contributed by atoms with Crippen LogP contribution in [0.15, 0.2) is 48.0 Å². The molecule has 1 heterocycles. The number of benzene rings is 2. The molecule has 31 heavy (non-hydrogen) atoms. The van der Waals surface area contributed by atoms with E-state index in [1.165, 1.54) is 18.2 Å². The van der Waals surface area contributed by atoms with Gasteiger partial charge in [-0.1, -0.05) is 18.2 Å². The van der Waals surface area contributed by atoms with Crippen molar-refractivity contribution < 1.29 is 23.4 Å². The third-order valence-corrected chi connectivity index (χ3v) is 4.74. The molecule has 2 aromatic rings. The van der Waals surface area contributed by atoms with Gasteiger partial charge in [0.15, 0.2) is 11.5 Å². The first kappa shape index (κ1) is 22.3. The van der Waals surface area contributed by atoms with Crippen LogP contribution in [0, 0.1) is 17.1 Å². The first-order chi connectivity index (χ1) is 15.1. The van der Waals surface area contributed by atoms with Crippen molar-refractivity contribution in [2.75, 3.05) is 19.8 Å². The van der Waals surface area contributed by atoms with Crippen molar-refractivity contribution in [3.63, 3.8) is 0 Å². The van der Waals surface area contributed by atoms with E-state index in [4.69, 9.17) is 14.2 Å². The summed E-state index contributed by atoms with van der Waals surface area (Å²) in [4.78, 5) is 12.4. The van der Waals surface area contributed by atoms with Crippen LogP contribution < -0.4 is 14.8 Å². The van der Waals surface area contributed by atoms with Crippen LogP contribution in [0.1, 0.15) is 30.9 Å². The number of nitriles is 1. The average Bonchev–Trinajstić information content (AvgIpc) is 3.29. The highest BCUT2D eigenvalue weighted by Gasteiger charge is 2.18. The summed E-state index contributed by atoms with van der Waals surface area (Å²) < 4.78 is 30.3. The smallest absolute Gasteiger partial charge is 0.262 e. The lowest BCUT2D eigenvalue weighted by Crippen LogP contribution is -2.32. The minimum atomic E-state index is -0.442. The number of halogens is 1. The Bertz CT molecular complexity index is 978. The quantitative estimate of drug-likeness (QED) is 0.486. The number of carbonyl (C=O) groups is 1. The van der Waals surface area contributed by atoms with Gasteiger partial charge in [0.05, 0.1) is 12.7 Å². The number of carbonyl (C=O) groups excluding carboxylic acids is 1. The molecule has 1 aliphatic rings. The van der Waals surface area contributed by atoms with Crippen molar-refractivity contribution in [3.05, 3.63) is 65.0 Å². The summed E-state index contributed by atoms with van der Waals surface area (Å²) in [6.45, 7) is 3.53. The molecule has 0 bridgehead atoms. The molecule has 1 fully saturated rings. The third-order valence-electron chi connectivity index (χ3n) is 4.74. The molecule has 2 aromatic carbocycles. The maximum Gasteiger partial charge on any atom is 0.262 e. The van der Waals surface area contributed by atoms with E-state index in [-0.39, 0.29) is 24.1 Å². The van der Waals surface area contributed by atoms with Gasteiger partial charge in [-0.3, -0.25) is 4.79 Å². The van der Waals surface area contributed by atoms with Gasteiger partial charge in [0.1, 0.15) is 24.1 Å². The lowest BCUT2D eigenvalue weighted by atomic mass is 10.1.